The first-order chi connectivity index (χ1) is 4.57. The molecule has 0 aromatic carbocycles. The van der Waals surface area contributed by atoms with Crippen molar-refractivity contribution in [3.8, 4) is 0 Å². The predicted octanol–water partition coefficient (Wildman–Crippen LogP) is -5.86. The van der Waals surface area contributed by atoms with E-state index in [4.69, 9.17) is 5.11 Å². The minimum atomic E-state index is -3.26. The predicted molar refractivity (Wildman–Crippen MR) is 24.6 cm³/mol. The Labute approximate surface area is 106 Å². The molecule has 0 radical (unpaired) electrons. The van der Waals surface area contributed by atoms with Gasteiger partial charge in [-0.2, -0.15) is 0 Å². The van der Waals surface area contributed by atoms with E-state index in [1.807, 2.05) is 0 Å². The summed E-state index contributed by atoms with van der Waals surface area (Å²) in [4.78, 5) is 19.5. The van der Waals surface area contributed by atoms with Crippen molar-refractivity contribution in [1.29, 1.82) is 0 Å². The van der Waals surface area contributed by atoms with E-state index in [-0.39, 0.29) is 51.4 Å². The smallest absolute Gasteiger partial charge is 0.566 e. The molecule has 58 valence electrons. The number of carbonyl (C=O) groups is 1. The number of hydrogen-bond donors (Lipinski definition) is 1. The first-order valence-corrected chi connectivity index (χ1v) is 3.30. The summed E-state index contributed by atoms with van der Waals surface area (Å²) in [6.07, 6.45) is -1.79. The van der Waals surface area contributed by atoms with Crippen LogP contribution in [0.15, 0.2) is 0 Å². The fraction of sp³-hybridized carbons (Fsp3) is 0.667. The molecule has 6 nitrogen and oxygen atoms in total. The number of aliphatic carboxylic acids is 1. The van der Waals surface area contributed by atoms with Crippen LogP contribution >= 0.6 is 8.25 Å². The summed E-state index contributed by atoms with van der Waals surface area (Å²) < 4.78 is 13.4. The average molecular weight is 206 g/mol. The zero-order chi connectivity index (χ0) is 8.15. The first-order valence-electron chi connectivity index (χ1n) is 2.20. The summed E-state index contributed by atoms with van der Waals surface area (Å²) in [5.41, 5.74) is 0. The molecular weight excluding hydrogens is 202 g/mol. The van der Waals surface area contributed by atoms with Crippen LogP contribution in [0, 0.1) is 0 Å². The van der Waals surface area contributed by atoms with Crippen LogP contribution in [0.5, 0.6) is 0 Å². The Hall–Kier alpha value is 1.09. The molecule has 0 aromatic heterocycles. The van der Waals surface area contributed by atoms with Gasteiger partial charge in [0.05, 0.1) is 12.6 Å². The summed E-state index contributed by atoms with van der Waals surface area (Å²) in [5.74, 6) is -1.76. The number of carboxylic acid groups (broad SMARTS) is 1. The quantitative estimate of drug-likeness (QED) is 0.362. The monoisotopic (exact) mass is 206 g/mol. The van der Waals surface area contributed by atoms with Gasteiger partial charge in [0.15, 0.2) is 6.10 Å². The van der Waals surface area contributed by atoms with E-state index >= 15 is 0 Å². The van der Waals surface area contributed by atoms with Crippen LogP contribution in [0.3, 0.4) is 0 Å². The maximum absolute atomic E-state index is 9.80. The number of carboxylic acids is 1. The molecule has 0 amide bonds. The van der Waals surface area contributed by atoms with Gasteiger partial charge in [-0.1, -0.05) is 0 Å². The second kappa shape index (κ2) is 7.72. The zero-order valence-corrected chi connectivity index (χ0v) is 9.74. The maximum atomic E-state index is 9.80. The molecule has 0 saturated carbocycles. The third-order valence-corrected chi connectivity index (χ3v) is 1.07. The molecule has 2 unspecified atom stereocenters. The molecule has 0 rings (SSSR count). The van der Waals surface area contributed by atoms with Gasteiger partial charge in [0.25, 0.3) is 0 Å². The Balaban J connectivity index is 0. The normalized spacial score (nSPS) is 13.1. The first kappa shape index (κ1) is 14.6. The molecule has 0 aliphatic rings. The minimum Gasteiger partial charge on any atom is -0.566 e. The Bertz CT molecular complexity index is 149. The second-order valence-electron chi connectivity index (χ2n) is 1.32. The molecule has 0 saturated heterocycles. The number of aliphatic hydroxyl groups is 1. The number of hydrogen-bond acceptors (Lipinski definition) is 6. The summed E-state index contributed by atoms with van der Waals surface area (Å²) in [7, 11) is -3.26. The van der Waals surface area contributed by atoms with Crippen LogP contribution in [0.25, 0.3) is 0 Å². The number of aliphatic hydroxyl groups excluding tert-OH is 1. The number of rotatable bonds is 4. The van der Waals surface area contributed by atoms with Crippen molar-refractivity contribution in [2.75, 3.05) is 6.61 Å². The van der Waals surface area contributed by atoms with E-state index in [0.717, 1.165) is 0 Å². The standard InChI is InChI=1S/C3H5O6P.K/c4-1-2(3(5)6)9-10(7)8;/h2,4H,1H2,(H,5,6);/q;+1/p-1. The van der Waals surface area contributed by atoms with Crippen molar-refractivity contribution in [3.05, 3.63) is 0 Å². The van der Waals surface area contributed by atoms with Crippen molar-refractivity contribution in [2.24, 2.45) is 0 Å². The van der Waals surface area contributed by atoms with Crippen LogP contribution < -0.4 is 61.4 Å². The van der Waals surface area contributed by atoms with Gasteiger partial charge in [-0.05, 0) is 4.57 Å². The van der Waals surface area contributed by atoms with Crippen LogP contribution in [-0.4, -0.2) is 23.8 Å². The summed E-state index contributed by atoms with van der Waals surface area (Å²) in [6, 6.07) is 0. The molecular formula is C3H4KO6P. The second-order valence-corrected chi connectivity index (χ2v) is 1.98. The summed E-state index contributed by atoms with van der Waals surface area (Å²) in [5, 5.41) is 17.9. The van der Waals surface area contributed by atoms with E-state index in [9.17, 15) is 19.4 Å². The van der Waals surface area contributed by atoms with Crippen molar-refractivity contribution in [1.82, 2.24) is 0 Å². The van der Waals surface area contributed by atoms with Crippen molar-refractivity contribution in [3.63, 3.8) is 0 Å². The van der Waals surface area contributed by atoms with Gasteiger partial charge in [-0.25, -0.2) is 0 Å². The van der Waals surface area contributed by atoms with Crippen molar-refractivity contribution >= 4 is 14.2 Å². The van der Waals surface area contributed by atoms with Gasteiger partial charge in [-0.3, -0.25) is 0 Å². The average Bonchev–Trinajstić information content (AvgIpc) is 1.81. The van der Waals surface area contributed by atoms with E-state index < -0.39 is 26.9 Å². The molecule has 0 fully saturated rings. The number of carbonyl (C=O) groups excluding carboxylic acids is 1. The van der Waals surface area contributed by atoms with Crippen molar-refractivity contribution < 1.29 is 80.4 Å². The van der Waals surface area contributed by atoms with Gasteiger partial charge in [0.2, 0.25) is 0 Å². The van der Waals surface area contributed by atoms with Gasteiger partial charge in [0, 0.05) is 0 Å². The van der Waals surface area contributed by atoms with Gasteiger partial charge >= 0.3 is 59.6 Å². The molecule has 0 heterocycles. The summed E-state index contributed by atoms with van der Waals surface area (Å²) in [6.45, 7) is -0.925. The van der Waals surface area contributed by atoms with E-state index in [1.165, 1.54) is 0 Å². The van der Waals surface area contributed by atoms with E-state index in [2.05, 4.69) is 4.52 Å². The minimum absolute atomic E-state index is 0. The third kappa shape index (κ3) is 7.45. The Morgan fingerprint density at radius 3 is 2.27 bits per heavy atom. The van der Waals surface area contributed by atoms with E-state index in [1.54, 1.807) is 0 Å². The topological polar surface area (TPSA) is 110 Å². The van der Waals surface area contributed by atoms with E-state index in [0.29, 0.717) is 0 Å². The molecule has 2 atom stereocenters. The Morgan fingerprint density at radius 2 is 2.18 bits per heavy atom. The summed E-state index contributed by atoms with van der Waals surface area (Å²) >= 11 is 0. The van der Waals surface area contributed by atoms with Crippen LogP contribution in [0.1, 0.15) is 0 Å². The third-order valence-electron chi connectivity index (χ3n) is 0.642. The zero-order valence-electron chi connectivity index (χ0n) is 5.72. The Kier molecular flexibility index (Phi) is 10.2. The molecule has 11 heavy (non-hydrogen) atoms. The van der Waals surface area contributed by atoms with Crippen LogP contribution in [-0.2, 0) is 13.9 Å². The largest absolute Gasteiger partial charge is 1.00 e. The fourth-order valence-corrected chi connectivity index (χ4v) is 0.615. The van der Waals surface area contributed by atoms with Gasteiger partial charge < -0.3 is 19.9 Å². The SMILES string of the molecule is O=C([O-])C(CO)O[P+](=O)[O-].[K+]. The maximum Gasteiger partial charge on any atom is 1.00 e. The molecule has 0 aromatic rings. The molecule has 0 aliphatic carbocycles. The van der Waals surface area contributed by atoms with Crippen LogP contribution in [0.2, 0.25) is 0 Å². The molecule has 8 heteroatoms. The van der Waals surface area contributed by atoms with Crippen LogP contribution in [0.4, 0.5) is 0 Å². The Morgan fingerprint density at radius 1 is 1.73 bits per heavy atom. The molecule has 0 aliphatic heterocycles. The van der Waals surface area contributed by atoms with Gasteiger partial charge in [-0.15, -0.1) is 4.52 Å². The molecule has 1 N–H and O–H groups in total. The fourth-order valence-electron chi connectivity index (χ4n) is 0.255. The molecule has 0 bridgehead atoms. The molecule has 0 spiro atoms. The van der Waals surface area contributed by atoms with Crippen molar-refractivity contribution in [2.45, 2.75) is 6.10 Å². The van der Waals surface area contributed by atoms with Gasteiger partial charge in [0.1, 0.15) is 0 Å².